The summed E-state index contributed by atoms with van der Waals surface area (Å²) in [6.07, 6.45) is 0. The van der Waals surface area contributed by atoms with E-state index in [1.165, 1.54) is 0 Å². The molecular weight excluding hydrogens is 302 g/mol. The Morgan fingerprint density at radius 2 is 1.88 bits per heavy atom. The van der Waals surface area contributed by atoms with Crippen LogP contribution in [0.25, 0.3) is 0 Å². The minimum absolute atomic E-state index is 0.173. The van der Waals surface area contributed by atoms with E-state index in [9.17, 15) is 4.79 Å². The second kappa shape index (κ2) is 8.40. The number of aryl methyl sites for hydroxylation is 1. The van der Waals surface area contributed by atoms with Gasteiger partial charge in [-0.2, -0.15) is 0 Å². The third-order valence-electron chi connectivity index (χ3n) is 3.56. The van der Waals surface area contributed by atoms with Gasteiger partial charge in [-0.05, 0) is 40.1 Å². The summed E-state index contributed by atoms with van der Waals surface area (Å²) in [6, 6.07) is 11.7. The number of carbonyl (C=O) groups is 1. The molecule has 0 aliphatic heterocycles. The van der Waals surface area contributed by atoms with Gasteiger partial charge in [-0.25, -0.2) is 9.97 Å². The molecule has 1 amide bonds. The van der Waals surface area contributed by atoms with Crippen LogP contribution in [0.15, 0.2) is 36.4 Å². The van der Waals surface area contributed by atoms with Crippen LogP contribution in [0, 0.1) is 6.92 Å². The molecular formula is C18H25N5O. The summed E-state index contributed by atoms with van der Waals surface area (Å²) in [5, 5.41) is 2.89. The highest BCUT2D eigenvalue weighted by atomic mass is 16.1. The molecule has 6 heteroatoms. The van der Waals surface area contributed by atoms with Crippen LogP contribution >= 0.6 is 0 Å². The fourth-order valence-corrected chi connectivity index (χ4v) is 2.37. The van der Waals surface area contributed by atoms with E-state index in [-0.39, 0.29) is 5.91 Å². The predicted octanol–water partition coefficient (Wildman–Crippen LogP) is 2.23. The molecule has 0 aliphatic carbocycles. The van der Waals surface area contributed by atoms with E-state index in [0.717, 1.165) is 24.6 Å². The Labute approximate surface area is 143 Å². The summed E-state index contributed by atoms with van der Waals surface area (Å²) in [5.74, 6) is 1.14. The first kappa shape index (κ1) is 17.9. The lowest BCUT2D eigenvalue weighted by Gasteiger charge is -2.22. The minimum atomic E-state index is -0.173. The summed E-state index contributed by atoms with van der Waals surface area (Å²) in [5.41, 5.74) is 1.43. The summed E-state index contributed by atoms with van der Waals surface area (Å²) in [7, 11) is 3.94. The van der Waals surface area contributed by atoms with E-state index in [2.05, 4.69) is 27.1 Å². The average molecular weight is 327 g/mol. The number of anilines is 2. The highest BCUT2D eigenvalue weighted by molar-refractivity contribution is 5.93. The van der Waals surface area contributed by atoms with Crippen molar-refractivity contribution >= 4 is 17.4 Å². The molecule has 24 heavy (non-hydrogen) atoms. The van der Waals surface area contributed by atoms with Crippen LogP contribution in [0.3, 0.4) is 0 Å². The maximum atomic E-state index is 12.3. The molecule has 128 valence electrons. The number of carbonyl (C=O) groups excluding carboxylic acids is 1. The molecule has 6 nitrogen and oxygen atoms in total. The van der Waals surface area contributed by atoms with Crippen LogP contribution in [-0.2, 0) is 0 Å². The van der Waals surface area contributed by atoms with Gasteiger partial charge in [-0.15, -0.1) is 0 Å². The normalized spacial score (nSPS) is 10.7. The van der Waals surface area contributed by atoms with Gasteiger partial charge in [0.2, 0.25) is 0 Å². The zero-order valence-corrected chi connectivity index (χ0v) is 14.8. The first-order valence-electron chi connectivity index (χ1n) is 8.12. The molecule has 0 spiro atoms. The molecule has 0 fully saturated rings. The number of likely N-dealkylation sites (N-methyl/N-ethyl adjacent to an activating group) is 1. The lowest BCUT2D eigenvalue weighted by atomic mass is 10.2. The van der Waals surface area contributed by atoms with Crippen molar-refractivity contribution in [2.45, 2.75) is 13.8 Å². The van der Waals surface area contributed by atoms with Gasteiger partial charge in [0.25, 0.3) is 5.91 Å². The van der Waals surface area contributed by atoms with Crippen molar-refractivity contribution in [1.29, 1.82) is 0 Å². The number of nitrogens with zero attached hydrogens (tertiary/aromatic N) is 4. The highest BCUT2D eigenvalue weighted by Gasteiger charge is 2.14. The number of amides is 1. The largest absolute Gasteiger partial charge is 0.349 e. The van der Waals surface area contributed by atoms with Crippen LogP contribution < -0.4 is 10.2 Å². The van der Waals surface area contributed by atoms with E-state index in [1.54, 1.807) is 13.0 Å². The molecule has 0 atom stereocenters. The third-order valence-corrected chi connectivity index (χ3v) is 3.56. The fourth-order valence-electron chi connectivity index (χ4n) is 2.37. The Kier molecular flexibility index (Phi) is 6.26. The average Bonchev–Trinajstić information content (AvgIpc) is 2.55. The molecule has 0 radical (unpaired) electrons. The van der Waals surface area contributed by atoms with E-state index >= 15 is 0 Å². The van der Waals surface area contributed by atoms with Crippen molar-refractivity contribution < 1.29 is 4.79 Å². The summed E-state index contributed by atoms with van der Waals surface area (Å²) < 4.78 is 0. The van der Waals surface area contributed by atoms with Crippen molar-refractivity contribution in [3.63, 3.8) is 0 Å². The van der Waals surface area contributed by atoms with Gasteiger partial charge in [0.15, 0.2) is 0 Å². The van der Waals surface area contributed by atoms with Crippen molar-refractivity contribution in [3.05, 3.63) is 47.9 Å². The van der Waals surface area contributed by atoms with Crippen LogP contribution in [0.5, 0.6) is 0 Å². The van der Waals surface area contributed by atoms with Crippen LogP contribution in [-0.4, -0.2) is 54.5 Å². The molecule has 0 unspecified atom stereocenters. The van der Waals surface area contributed by atoms with Gasteiger partial charge in [0.1, 0.15) is 17.3 Å². The number of para-hydroxylation sites is 1. The molecule has 0 saturated heterocycles. The van der Waals surface area contributed by atoms with Gasteiger partial charge in [0.05, 0.1) is 0 Å². The van der Waals surface area contributed by atoms with E-state index < -0.39 is 0 Å². The SMILES string of the molecule is CCN(c1ccccc1)c1cc(C(=O)NCCN(C)C)nc(C)n1. The smallest absolute Gasteiger partial charge is 0.270 e. The maximum Gasteiger partial charge on any atom is 0.270 e. The predicted molar refractivity (Wildman–Crippen MR) is 96.8 cm³/mol. The van der Waals surface area contributed by atoms with Crippen molar-refractivity contribution in [2.75, 3.05) is 38.6 Å². The fraction of sp³-hybridized carbons (Fsp3) is 0.389. The quantitative estimate of drug-likeness (QED) is 0.845. The number of benzene rings is 1. The van der Waals surface area contributed by atoms with Gasteiger partial charge in [0, 0.05) is 31.4 Å². The van der Waals surface area contributed by atoms with Crippen LogP contribution in [0.2, 0.25) is 0 Å². The Bertz CT molecular complexity index is 672. The molecule has 0 saturated carbocycles. The second-order valence-corrected chi connectivity index (χ2v) is 5.80. The number of hydrogen-bond acceptors (Lipinski definition) is 5. The third kappa shape index (κ3) is 4.76. The molecule has 1 aromatic heterocycles. The summed E-state index contributed by atoms with van der Waals surface area (Å²) in [4.78, 5) is 25.2. The molecule has 2 aromatic rings. The van der Waals surface area contributed by atoms with Gasteiger partial charge >= 0.3 is 0 Å². The number of aromatic nitrogens is 2. The zero-order valence-electron chi connectivity index (χ0n) is 14.8. The maximum absolute atomic E-state index is 12.3. The first-order valence-corrected chi connectivity index (χ1v) is 8.12. The lowest BCUT2D eigenvalue weighted by Crippen LogP contribution is -2.32. The van der Waals surface area contributed by atoms with Crippen molar-refractivity contribution in [2.24, 2.45) is 0 Å². The Balaban J connectivity index is 2.22. The Hall–Kier alpha value is -2.47. The summed E-state index contributed by atoms with van der Waals surface area (Å²) >= 11 is 0. The Morgan fingerprint density at radius 3 is 2.50 bits per heavy atom. The lowest BCUT2D eigenvalue weighted by molar-refractivity contribution is 0.0945. The summed E-state index contributed by atoms with van der Waals surface area (Å²) in [6.45, 7) is 5.98. The van der Waals surface area contributed by atoms with Gasteiger partial charge in [-0.3, -0.25) is 4.79 Å². The Morgan fingerprint density at radius 1 is 1.17 bits per heavy atom. The number of nitrogens with one attached hydrogen (secondary N) is 1. The van der Waals surface area contributed by atoms with Gasteiger partial charge < -0.3 is 15.1 Å². The molecule has 1 N–H and O–H groups in total. The highest BCUT2D eigenvalue weighted by Crippen LogP contribution is 2.23. The molecule has 2 rings (SSSR count). The van der Waals surface area contributed by atoms with Crippen molar-refractivity contribution in [1.82, 2.24) is 20.2 Å². The van der Waals surface area contributed by atoms with Crippen LogP contribution in [0.4, 0.5) is 11.5 Å². The van der Waals surface area contributed by atoms with Gasteiger partial charge in [-0.1, -0.05) is 18.2 Å². The topological polar surface area (TPSA) is 61.4 Å². The zero-order chi connectivity index (χ0) is 17.5. The van der Waals surface area contributed by atoms with E-state index in [1.807, 2.05) is 49.3 Å². The number of hydrogen-bond donors (Lipinski definition) is 1. The second-order valence-electron chi connectivity index (χ2n) is 5.80. The number of rotatable bonds is 7. The van der Waals surface area contributed by atoms with Crippen molar-refractivity contribution in [3.8, 4) is 0 Å². The van der Waals surface area contributed by atoms with Crippen LogP contribution in [0.1, 0.15) is 23.2 Å². The molecule has 1 aromatic carbocycles. The molecule has 1 heterocycles. The van der Waals surface area contributed by atoms with E-state index in [4.69, 9.17) is 0 Å². The molecule has 0 bridgehead atoms. The standard InChI is InChI=1S/C18H25N5O/c1-5-23(15-9-7-6-8-10-15)17-13-16(20-14(2)21-17)18(24)19-11-12-22(3)4/h6-10,13H,5,11-12H2,1-4H3,(H,19,24). The monoisotopic (exact) mass is 327 g/mol. The molecule has 0 aliphatic rings. The van der Waals surface area contributed by atoms with E-state index in [0.29, 0.717) is 18.1 Å². The minimum Gasteiger partial charge on any atom is -0.349 e. The first-order chi connectivity index (χ1) is 11.5.